The lowest BCUT2D eigenvalue weighted by atomic mass is 9.96. The van der Waals surface area contributed by atoms with Crippen molar-refractivity contribution < 1.29 is 26.4 Å². The molecule has 0 aliphatic carbocycles. The summed E-state index contributed by atoms with van der Waals surface area (Å²) in [6.07, 6.45) is 0.00171. The van der Waals surface area contributed by atoms with Crippen molar-refractivity contribution in [3.05, 3.63) is 63.9 Å². The first-order valence-corrected chi connectivity index (χ1v) is 12.9. The fourth-order valence-electron chi connectivity index (χ4n) is 3.28. The van der Waals surface area contributed by atoms with Gasteiger partial charge in [0.1, 0.15) is 5.69 Å². The summed E-state index contributed by atoms with van der Waals surface area (Å²) in [5.74, 6) is -0.416. The third-order valence-electron chi connectivity index (χ3n) is 4.72. The highest BCUT2D eigenvalue weighted by Crippen LogP contribution is 2.31. The molecule has 0 aliphatic heterocycles. The maximum absolute atomic E-state index is 13.1. The number of sulfonamides is 1. The van der Waals surface area contributed by atoms with E-state index in [0.717, 1.165) is 12.3 Å². The van der Waals surface area contributed by atoms with Crippen LogP contribution in [0.15, 0.2) is 36.4 Å². The molecule has 1 amide bonds. The number of pyridine rings is 1. The van der Waals surface area contributed by atoms with Crippen LogP contribution in [0.25, 0.3) is 5.57 Å². The minimum atomic E-state index is -4.54. The number of halogens is 4. The maximum Gasteiger partial charge on any atom is 0.433 e. The SMILES string of the molecule is CCC/C(=C\C(=O)NCc1ccc(NS(C)(=O)=O)c(Cl)c1)c1ccc(C(F)(F)F)nc1CCC. The van der Waals surface area contributed by atoms with E-state index in [9.17, 15) is 26.4 Å². The molecule has 6 nitrogen and oxygen atoms in total. The molecule has 2 N–H and O–H groups in total. The molecule has 186 valence electrons. The quantitative estimate of drug-likeness (QED) is 0.403. The fraction of sp³-hybridized carbons (Fsp3) is 0.391. The van der Waals surface area contributed by atoms with Crippen molar-refractivity contribution in [1.82, 2.24) is 10.3 Å². The Balaban J connectivity index is 2.23. The number of aromatic nitrogens is 1. The molecule has 0 unspecified atom stereocenters. The van der Waals surface area contributed by atoms with Crippen molar-refractivity contribution in [2.45, 2.75) is 52.3 Å². The Labute approximate surface area is 202 Å². The van der Waals surface area contributed by atoms with E-state index >= 15 is 0 Å². The summed E-state index contributed by atoms with van der Waals surface area (Å²) in [4.78, 5) is 16.4. The van der Waals surface area contributed by atoms with Crippen LogP contribution >= 0.6 is 11.6 Å². The van der Waals surface area contributed by atoms with Gasteiger partial charge in [-0.2, -0.15) is 13.2 Å². The van der Waals surface area contributed by atoms with Gasteiger partial charge in [0.15, 0.2) is 0 Å². The van der Waals surface area contributed by atoms with E-state index in [-0.39, 0.29) is 17.3 Å². The third kappa shape index (κ3) is 8.32. The molecule has 0 atom stereocenters. The van der Waals surface area contributed by atoms with E-state index in [0.29, 0.717) is 48.1 Å². The number of rotatable bonds is 10. The molecule has 34 heavy (non-hydrogen) atoms. The smallest absolute Gasteiger partial charge is 0.348 e. The minimum absolute atomic E-state index is 0.126. The summed E-state index contributed by atoms with van der Waals surface area (Å²) >= 11 is 6.11. The number of alkyl halides is 3. The summed E-state index contributed by atoms with van der Waals surface area (Å²) in [6, 6.07) is 6.96. The highest BCUT2D eigenvalue weighted by atomic mass is 35.5. The van der Waals surface area contributed by atoms with Crippen molar-refractivity contribution in [3.63, 3.8) is 0 Å². The van der Waals surface area contributed by atoms with Crippen LogP contribution in [-0.4, -0.2) is 25.6 Å². The molecule has 0 bridgehead atoms. The molecule has 0 saturated heterocycles. The van der Waals surface area contributed by atoms with E-state index in [1.54, 1.807) is 6.07 Å². The lowest BCUT2D eigenvalue weighted by Gasteiger charge is -2.15. The summed E-state index contributed by atoms with van der Waals surface area (Å²) in [5, 5.41) is 2.91. The van der Waals surface area contributed by atoms with E-state index in [1.165, 1.54) is 24.3 Å². The maximum atomic E-state index is 13.1. The lowest BCUT2D eigenvalue weighted by Crippen LogP contribution is -2.21. The molecule has 0 aliphatic rings. The van der Waals surface area contributed by atoms with Gasteiger partial charge in [-0.05, 0) is 47.7 Å². The molecule has 11 heteroatoms. The number of allylic oxidation sites excluding steroid dienone is 1. The molecule has 1 aromatic carbocycles. The zero-order valence-electron chi connectivity index (χ0n) is 19.1. The summed E-state index contributed by atoms with van der Waals surface area (Å²) in [7, 11) is -3.48. The molecule has 2 aromatic rings. The first-order chi connectivity index (χ1) is 15.8. The predicted octanol–water partition coefficient (Wildman–Crippen LogP) is 5.58. The molecular weight excluding hydrogens is 491 g/mol. The van der Waals surface area contributed by atoms with E-state index in [1.807, 2.05) is 13.8 Å². The van der Waals surface area contributed by atoms with Gasteiger partial charge >= 0.3 is 6.18 Å². The topological polar surface area (TPSA) is 88.2 Å². The molecule has 2 rings (SSSR count). The van der Waals surface area contributed by atoms with Gasteiger partial charge in [-0.1, -0.05) is 50.4 Å². The summed E-state index contributed by atoms with van der Waals surface area (Å²) in [6.45, 7) is 3.89. The van der Waals surface area contributed by atoms with Crippen LogP contribution in [0.3, 0.4) is 0 Å². The second-order valence-electron chi connectivity index (χ2n) is 7.76. The van der Waals surface area contributed by atoms with Crippen LogP contribution in [0.2, 0.25) is 5.02 Å². The zero-order chi connectivity index (χ0) is 25.5. The average molecular weight is 518 g/mol. The van der Waals surface area contributed by atoms with E-state index in [2.05, 4.69) is 15.0 Å². The molecule has 0 radical (unpaired) electrons. The Morgan fingerprint density at radius 2 is 1.85 bits per heavy atom. The number of aryl methyl sites for hydroxylation is 1. The summed E-state index contributed by atoms with van der Waals surface area (Å²) in [5.41, 5.74) is 1.37. The van der Waals surface area contributed by atoms with Crippen molar-refractivity contribution in [1.29, 1.82) is 0 Å². The number of nitrogens with one attached hydrogen (secondary N) is 2. The Hall–Kier alpha value is -2.59. The van der Waals surface area contributed by atoms with Crippen molar-refractivity contribution >= 4 is 38.8 Å². The molecule has 1 aromatic heterocycles. The Kier molecular flexibility index (Phi) is 9.52. The van der Waals surface area contributed by atoms with Gasteiger partial charge in [0.25, 0.3) is 0 Å². The van der Waals surface area contributed by atoms with Gasteiger partial charge in [-0.3, -0.25) is 9.52 Å². The first kappa shape index (κ1) is 27.7. The Morgan fingerprint density at radius 3 is 2.41 bits per heavy atom. The van der Waals surface area contributed by atoms with Crippen LogP contribution in [0.5, 0.6) is 0 Å². The number of hydrogen-bond acceptors (Lipinski definition) is 4. The van der Waals surface area contributed by atoms with E-state index in [4.69, 9.17) is 11.6 Å². The summed E-state index contributed by atoms with van der Waals surface area (Å²) < 4.78 is 64.4. The van der Waals surface area contributed by atoms with Gasteiger partial charge in [0, 0.05) is 18.3 Å². The van der Waals surface area contributed by atoms with Crippen LogP contribution in [0.4, 0.5) is 18.9 Å². The number of nitrogens with zero attached hydrogens (tertiary/aromatic N) is 1. The van der Waals surface area contributed by atoms with Crippen LogP contribution in [0.1, 0.15) is 55.6 Å². The van der Waals surface area contributed by atoms with Gasteiger partial charge in [0.05, 0.1) is 17.0 Å². The second-order valence-corrected chi connectivity index (χ2v) is 9.92. The number of carbonyl (C=O) groups excluding carboxylic acids is 1. The van der Waals surface area contributed by atoms with Gasteiger partial charge in [0.2, 0.25) is 15.9 Å². The first-order valence-electron chi connectivity index (χ1n) is 10.7. The number of anilines is 1. The van der Waals surface area contributed by atoms with Crippen molar-refractivity contribution in [3.8, 4) is 0 Å². The zero-order valence-corrected chi connectivity index (χ0v) is 20.7. The number of hydrogen-bond donors (Lipinski definition) is 2. The highest BCUT2D eigenvalue weighted by Gasteiger charge is 2.33. The Morgan fingerprint density at radius 1 is 1.15 bits per heavy atom. The van der Waals surface area contributed by atoms with Crippen LogP contribution in [0, 0.1) is 0 Å². The fourth-order valence-corrected chi connectivity index (χ4v) is 4.17. The largest absolute Gasteiger partial charge is 0.433 e. The Bertz CT molecular complexity index is 1170. The van der Waals surface area contributed by atoms with Gasteiger partial charge in [-0.15, -0.1) is 0 Å². The van der Waals surface area contributed by atoms with Crippen LogP contribution in [-0.2, 0) is 34.0 Å². The minimum Gasteiger partial charge on any atom is -0.348 e. The van der Waals surface area contributed by atoms with Crippen LogP contribution < -0.4 is 10.0 Å². The average Bonchev–Trinajstić information content (AvgIpc) is 2.72. The second kappa shape index (κ2) is 11.7. The number of benzene rings is 1. The highest BCUT2D eigenvalue weighted by molar-refractivity contribution is 7.92. The van der Waals surface area contributed by atoms with Crippen molar-refractivity contribution in [2.24, 2.45) is 0 Å². The standard InChI is InChI=1S/C23H27ClF3N3O3S/c1-4-6-16(17-9-11-21(23(25,26)27)29-19(17)7-5-2)13-22(31)28-14-15-8-10-20(18(24)12-15)30-34(3,32)33/h8-13,30H,4-7,14H2,1-3H3,(H,28,31)/b16-13+. The van der Waals surface area contributed by atoms with Gasteiger partial charge < -0.3 is 5.32 Å². The lowest BCUT2D eigenvalue weighted by molar-refractivity contribution is -0.141. The normalized spacial score (nSPS) is 12.5. The van der Waals surface area contributed by atoms with Crippen molar-refractivity contribution in [2.75, 3.05) is 11.0 Å². The molecule has 0 spiro atoms. The van der Waals surface area contributed by atoms with Gasteiger partial charge in [-0.25, -0.2) is 13.4 Å². The van der Waals surface area contributed by atoms with E-state index < -0.39 is 27.8 Å². The monoisotopic (exact) mass is 517 g/mol. The predicted molar refractivity (Wildman–Crippen MR) is 128 cm³/mol. The number of carbonyl (C=O) groups is 1. The molecular formula is C23H27ClF3N3O3S. The molecule has 0 fully saturated rings. The third-order valence-corrected chi connectivity index (χ3v) is 5.62. The molecule has 1 heterocycles. The number of amides is 1. The molecule has 0 saturated carbocycles.